The fraction of sp³-hybridized carbons (Fsp3) is 0.174. The molecule has 0 atom stereocenters. The molecule has 0 aliphatic carbocycles. The van der Waals surface area contributed by atoms with Crippen molar-refractivity contribution in [1.82, 2.24) is 9.97 Å². The van der Waals surface area contributed by atoms with Crippen LogP contribution >= 0.6 is 22.9 Å². The molecular formula is C23H20ClN3O3S. The number of anilines is 1. The van der Waals surface area contributed by atoms with Gasteiger partial charge >= 0.3 is 5.97 Å². The number of thiophene rings is 1. The molecule has 2 heterocycles. The van der Waals surface area contributed by atoms with E-state index in [2.05, 4.69) is 27.4 Å². The molecule has 2 aromatic heterocycles. The molecular weight excluding hydrogens is 434 g/mol. The van der Waals surface area contributed by atoms with Crippen LogP contribution in [0.3, 0.4) is 0 Å². The molecule has 0 aliphatic heterocycles. The maximum Gasteiger partial charge on any atom is 0.339 e. The number of carbonyl (C=O) groups is 1. The lowest BCUT2D eigenvalue weighted by atomic mass is 10.1. The van der Waals surface area contributed by atoms with Gasteiger partial charge in [-0.15, -0.1) is 11.3 Å². The number of hydrogen-bond donors (Lipinski definition) is 2. The highest BCUT2D eigenvalue weighted by Crippen LogP contribution is 2.35. The number of ether oxygens (including phenoxy) is 1. The Morgan fingerprint density at radius 2 is 2.03 bits per heavy atom. The largest absolute Gasteiger partial charge is 0.493 e. The summed E-state index contributed by atoms with van der Waals surface area (Å²) in [6.07, 6.45) is 2.25. The molecule has 0 saturated heterocycles. The molecule has 8 heteroatoms. The molecule has 0 unspecified atom stereocenters. The van der Waals surface area contributed by atoms with Gasteiger partial charge in [0.25, 0.3) is 0 Å². The van der Waals surface area contributed by atoms with E-state index in [0.717, 1.165) is 21.9 Å². The number of nitrogens with one attached hydrogen (secondary N) is 1. The average Bonchev–Trinajstić information content (AvgIpc) is 3.09. The highest BCUT2D eigenvalue weighted by atomic mass is 35.5. The lowest BCUT2D eigenvalue weighted by Gasteiger charge is -2.10. The van der Waals surface area contributed by atoms with Crippen molar-refractivity contribution in [3.05, 3.63) is 70.3 Å². The minimum atomic E-state index is -1.03. The first-order chi connectivity index (χ1) is 15.1. The van der Waals surface area contributed by atoms with Crippen LogP contribution in [0.1, 0.15) is 22.8 Å². The Kier molecular flexibility index (Phi) is 6.34. The van der Waals surface area contributed by atoms with Gasteiger partial charge in [-0.3, -0.25) is 0 Å². The zero-order chi connectivity index (χ0) is 21.8. The molecule has 0 fully saturated rings. The quantitative estimate of drug-likeness (QED) is 0.352. The smallest absolute Gasteiger partial charge is 0.339 e. The summed E-state index contributed by atoms with van der Waals surface area (Å²) in [6.45, 7) is 2.85. The highest BCUT2D eigenvalue weighted by molar-refractivity contribution is 7.22. The fourth-order valence-electron chi connectivity index (χ4n) is 3.36. The van der Waals surface area contributed by atoms with Crippen LogP contribution in [0, 0.1) is 0 Å². The molecule has 2 aromatic carbocycles. The summed E-state index contributed by atoms with van der Waals surface area (Å²) in [7, 11) is 0. The summed E-state index contributed by atoms with van der Waals surface area (Å²) in [5.74, 6) is -0.0276. The fourth-order valence-corrected chi connectivity index (χ4v) is 4.78. The molecule has 0 aliphatic rings. The van der Waals surface area contributed by atoms with Gasteiger partial charge in [0.15, 0.2) is 0 Å². The van der Waals surface area contributed by atoms with Crippen LogP contribution in [0.15, 0.2) is 54.9 Å². The van der Waals surface area contributed by atoms with E-state index < -0.39 is 5.97 Å². The van der Waals surface area contributed by atoms with Gasteiger partial charge in [0.05, 0.1) is 16.6 Å². The number of fused-ring (bicyclic) bond motifs is 1. The van der Waals surface area contributed by atoms with E-state index in [1.54, 1.807) is 23.5 Å². The summed E-state index contributed by atoms with van der Waals surface area (Å²) < 4.78 is 7.49. The zero-order valence-corrected chi connectivity index (χ0v) is 18.3. The van der Waals surface area contributed by atoms with Crippen molar-refractivity contribution in [2.24, 2.45) is 0 Å². The average molecular weight is 454 g/mol. The number of rotatable bonds is 8. The molecule has 0 amide bonds. The van der Waals surface area contributed by atoms with Gasteiger partial charge in [-0.05, 0) is 42.5 Å². The second-order valence-electron chi connectivity index (χ2n) is 6.76. The normalized spacial score (nSPS) is 10.9. The minimum Gasteiger partial charge on any atom is -0.493 e. The molecule has 4 aromatic rings. The van der Waals surface area contributed by atoms with Gasteiger partial charge in [-0.25, -0.2) is 14.8 Å². The minimum absolute atomic E-state index is 0.123. The highest BCUT2D eigenvalue weighted by Gasteiger charge is 2.14. The molecule has 0 radical (unpaired) electrons. The predicted molar refractivity (Wildman–Crippen MR) is 125 cm³/mol. The van der Waals surface area contributed by atoms with E-state index >= 15 is 0 Å². The van der Waals surface area contributed by atoms with Crippen molar-refractivity contribution in [3.63, 3.8) is 0 Å². The van der Waals surface area contributed by atoms with E-state index in [0.29, 0.717) is 30.4 Å². The number of nitrogens with zero attached hydrogens (tertiary/aromatic N) is 2. The van der Waals surface area contributed by atoms with Crippen LogP contribution in [0.2, 0.25) is 4.34 Å². The van der Waals surface area contributed by atoms with Crippen LogP contribution in [0.25, 0.3) is 21.3 Å². The second-order valence-corrected chi connectivity index (χ2v) is 8.42. The maximum atomic E-state index is 11.4. The Bertz CT molecular complexity index is 1240. The van der Waals surface area contributed by atoms with E-state index in [1.165, 1.54) is 22.5 Å². The molecule has 2 N–H and O–H groups in total. The number of carboxylic acid groups (broad SMARTS) is 1. The number of benzene rings is 2. The van der Waals surface area contributed by atoms with E-state index in [1.807, 2.05) is 25.1 Å². The molecule has 6 nitrogen and oxygen atoms in total. The lowest BCUT2D eigenvalue weighted by Crippen LogP contribution is -2.07. The van der Waals surface area contributed by atoms with E-state index in [9.17, 15) is 9.90 Å². The third-order valence-electron chi connectivity index (χ3n) is 4.80. The van der Waals surface area contributed by atoms with Crippen LogP contribution in [0.4, 0.5) is 5.82 Å². The number of carboxylic acids is 1. The van der Waals surface area contributed by atoms with Gasteiger partial charge in [0, 0.05) is 22.9 Å². The molecule has 0 saturated carbocycles. The number of aromatic carboxylic acids is 1. The topological polar surface area (TPSA) is 84.3 Å². The zero-order valence-electron chi connectivity index (χ0n) is 16.8. The van der Waals surface area contributed by atoms with Gasteiger partial charge < -0.3 is 15.2 Å². The summed E-state index contributed by atoms with van der Waals surface area (Å²) in [5, 5.41) is 13.8. The van der Waals surface area contributed by atoms with Crippen molar-refractivity contribution in [2.45, 2.75) is 13.3 Å². The first-order valence-corrected chi connectivity index (χ1v) is 11.0. The van der Waals surface area contributed by atoms with Crippen molar-refractivity contribution in [3.8, 4) is 17.0 Å². The summed E-state index contributed by atoms with van der Waals surface area (Å²) in [5.41, 5.74) is 2.69. The second kappa shape index (κ2) is 9.32. The molecule has 31 heavy (non-hydrogen) atoms. The van der Waals surface area contributed by atoms with Gasteiger partial charge in [-0.2, -0.15) is 0 Å². The number of halogens is 1. The Hall–Kier alpha value is -3.16. The van der Waals surface area contributed by atoms with Crippen molar-refractivity contribution < 1.29 is 14.6 Å². The van der Waals surface area contributed by atoms with Crippen molar-refractivity contribution in [2.75, 3.05) is 18.5 Å². The standard InChI is InChI=1S/C23H20ClN3O3S/c1-2-30-19-11-14(7-8-17(19)23(28)29)18-12-21(27-13-26-18)25-10-9-16-15-5-3-4-6-20(15)31-22(16)24/h3-8,11-13H,2,9-10H2,1H3,(H,28,29)(H,25,26,27). The van der Waals surface area contributed by atoms with Gasteiger partial charge in [0.1, 0.15) is 23.5 Å². The van der Waals surface area contributed by atoms with Gasteiger partial charge in [-0.1, -0.05) is 35.9 Å². The summed E-state index contributed by atoms with van der Waals surface area (Å²) >= 11 is 8.03. The van der Waals surface area contributed by atoms with Crippen LogP contribution in [-0.2, 0) is 6.42 Å². The predicted octanol–water partition coefficient (Wildman–Crippen LogP) is 5.76. The monoisotopic (exact) mass is 453 g/mol. The summed E-state index contributed by atoms with van der Waals surface area (Å²) in [6, 6.07) is 15.0. The van der Waals surface area contributed by atoms with Crippen LogP contribution in [0.5, 0.6) is 5.75 Å². The molecule has 158 valence electrons. The van der Waals surface area contributed by atoms with Crippen LogP contribution < -0.4 is 10.1 Å². The van der Waals surface area contributed by atoms with Crippen molar-refractivity contribution in [1.29, 1.82) is 0 Å². The Balaban J connectivity index is 1.50. The number of aromatic nitrogens is 2. The van der Waals surface area contributed by atoms with Gasteiger partial charge in [0.2, 0.25) is 0 Å². The first kappa shape index (κ1) is 21.1. The molecule has 4 rings (SSSR count). The lowest BCUT2D eigenvalue weighted by molar-refractivity contribution is 0.0692. The Morgan fingerprint density at radius 1 is 1.19 bits per heavy atom. The Labute approximate surface area is 188 Å². The van der Waals surface area contributed by atoms with Crippen LogP contribution in [-0.4, -0.2) is 34.2 Å². The molecule has 0 bridgehead atoms. The Morgan fingerprint density at radius 3 is 2.84 bits per heavy atom. The summed E-state index contributed by atoms with van der Waals surface area (Å²) in [4.78, 5) is 20.0. The maximum absolute atomic E-state index is 11.4. The van der Waals surface area contributed by atoms with E-state index in [-0.39, 0.29) is 5.56 Å². The van der Waals surface area contributed by atoms with Crippen molar-refractivity contribution >= 4 is 44.8 Å². The SMILES string of the molecule is CCOc1cc(-c2cc(NCCc3c(Cl)sc4ccccc34)ncn2)ccc1C(=O)O. The van der Waals surface area contributed by atoms with E-state index in [4.69, 9.17) is 16.3 Å². The first-order valence-electron chi connectivity index (χ1n) is 9.79. The molecule has 0 spiro atoms. The third kappa shape index (κ3) is 4.62. The third-order valence-corrected chi connectivity index (χ3v) is 6.27. The number of hydrogen-bond acceptors (Lipinski definition) is 6.